The number of aromatic nitrogens is 1. The van der Waals surface area contributed by atoms with E-state index in [1.54, 1.807) is 0 Å². The van der Waals surface area contributed by atoms with Crippen LogP contribution in [0.2, 0.25) is 0 Å². The SMILES string of the molecule is CCc1oc(-c2c(C)cccc2C)nc1CO[C@H]1CCC[C@@H](CCC2SC(=O)NC2=O)C1. The van der Waals surface area contributed by atoms with E-state index in [1.165, 1.54) is 0 Å². The third kappa shape index (κ3) is 5.26. The van der Waals surface area contributed by atoms with E-state index in [2.05, 4.69) is 44.3 Å². The topological polar surface area (TPSA) is 81.4 Å². The van der Waals surface area contributed by atoms with Crippen molar-refractivity contribution in [3.05, 3.63) is 40.8 Å². The summed E-state index contributed by atoms with van der Waals surface area (Å²) in [6, 6.07) is 6.22. The van der Waals surface area contributed by atoms with Gasteiger partial charge in [0.2, 0.25) is 11.8 Å². The minimum atomic E-state index is -0.227. The van der Waals surface area contributed by atoms with E-state index in [-0.39, 0.29) is 22.5 Å². The summed E-state index contributed by atoms with van der Waals surface area (Å²) in [6.45, 7) is 6.71. The molecule has 1 aromatic carbocycles. The summed E-state index contributed by atoms with van der Waals surface area (Å²) in [6.07, 6.45) is 7.03. The van der Waals surface area contributed by atoms with E-state index in [0.717, 1.165) is 84.9 Å². The van der Waals surface area contributed by atoms with Gasteiger partial charge in [-0.25, -0.2) is 4.98 Å². The van der Waals surface area contributed by atoms with Gasteiger partial charge < -0.3 is 9.15 Å². The number of imide groups is 1. The van der Waals surface area contributed by atoms with Gasteiger partial charge in [-0.15, -0.1) is 0 Å². The fraction of sp³-hybridized carbons (Fsp3) is 0.560. The number of aryl methyl sites for hydroxylation is 3. The van der Waals surface area contributed by atoms with Crippen molar-refractivity contribution in [1.29, 1.82) is 0 Å². The van der Waals surface area contributed by atoms with Crippen LogP contribution in [0.4, 0.5) is 4.79 Å². The van der Waals surface area contributed by atoms with Gasteiger partial charge in [0, 0.05) is 12.0 Å². The zero-order valence-electron chi connectivity index (χ0n) is 19.1. The van der Waals surface area contributed by atoms with Crippen LogP contribution >= 0.6 is 11.8 Å². The molecule has 32 heavy (non-hydrogen) atoms. The number of ether oxygens (including phenoxy) is 1. The van der Waals surface area contributed by atoms with Crippen molar-refractivity contribution >= 4 is 22.9 Å². The standard InChI is InChI=1S/C25H32N2O4S/c1-4-20-19(26-24(31-20)22-15(2)7-5-8-16(22)3)14-30-18-10-6-9-17(13-18)11-12-21-23(28)27-25(29)32-21/h5,7-8,17-18,21H,4,6,9-14H2,1-3H3,(H,27,28,29)/t17-,18-,21?/m0/s1. The fourth-order valence-electron chi connectivity index (χ4n) is 4.85. The number of hydrogen-bond donors (Lipinski definition) is 1. The summed E-state index contributed by atoms with van der Waals surface area (Å²) < 4.78 is 12.4. The summed E-state index contributed by atoms with van der Waals surface area (Å²) in [4.78, 5) is 28.0. The molecule has 1 saturated carbocycles. The average molecular weight is 457 g/mol. The number of nitrogens with one attached hydrogen (secondary N) is 1. The molecule has 1 N–H and O–H groups in total. The quantitative estimate of drug-likeness (QED) is 0.546. The van der Waals surface area contributed by atoms with E-state index >= 15 is 0 Å². The van der Waals surface area contributed by atoms with E-state index in [4.69, 9.17) is 14.1 Å². The Labute approximate surface area is 193 Å². The second kappa shape index (κ2) is 10.2. The Morgan fingerprint density at radius 3 is 2.66 bits per heavy atom. The molecule has 0 spiro atoms. The van der Waals surface area contributed by atoms with E-state index in [9.17, 15) is 9.59 Å². The molecular formula is C25H32N2O4S. The highest BCUT2D eigenvalue weighted by molar-refractivity contribution is 8.15. The van der Waals surface area contributed by atoms with Crippen LogP contribution in [0.15, 0.2) is 22.6 Å². The van der Waals surface area contributed by atoms with Crippen LogP contribution in [0.3, 0.4) is 0 Å². The first kappa shape index (κ1) is 23.1. The Bertz CT molecular complexity index is 966. The van der Waals surface area contributed by atoms with Crippen molar-refractivity contribution in [3.63, 3.8) is 0 Å². The lowest BCUT2D eigenvalue weighted by Gasteiger charge is -2.29. The number of thioether (sulfide) groups is 1. The molecule has 1 aliphatic carbocycles. The number of nitrogens with zero attached hydrogens (tertiary/aromatic N) is 1. The largest absolute Gasteiger partial charge is 0.441 e. The minimum Gasteiger partial charge on any atom is -0.441 e. The van der Waals surface area contributed by atoms with Crippen molar-refractivity contribution < 1.29 is 18.7 Å². The first-order valence-corrected chi connectivity index (χ1v) is 12.5. The van der Waals surface area contributed by atoms with Crippen LogP contribution in [-0.2, 0) is 22.6 Å². The third-order valence-corrected chi connectivity index (χ3v) is 7.64. The Kier molecular flexibility index (Phi) is 7.36. The molecule has 6 nitrogen and oxygen atoms in total. The molecular weight excluding hydrogens is 424 g/mol. The van der Waals surface area contributed by atoms with Crippen LogP contribution in [0.25, 0.3) is 11.5 Å². The molecule has 4 rings (SSSR count). The van der Waals surface area contributed by atoms with Gasteiger partial charge in [0.25, 0.3) is 5.24 Å². The van der Waals surface area contributed by atoms with Gasteiger partial charge in [-0.2, -0.15) is 0 Å². The normalized spacial score (nSPS) is 23.5. The molecule has 1 aromatic heterocycles. The Morgan fingerprint density at radius 1 is 1.19 bits per heavy atom. The molecule has 2 aliphatic rings. The maximum atomic E-state index is 11.8. The number of amides is 2. The molecule has 2 heterocycles. The van der Waals surface area contributed by atoms with E-state index in [0.29, 0.717) is 18.4 Å². The highest BCUT2D eigenvalue weighted by Gasteiger charge is 2.32. The van der Waals surface area contributed by atoms with Gasteiger partial charge in [-0.3, -0.25) is 14.9 Å². The fourth-order valence-corrected chi connectivity index (χ4v) is 5.69. The highest BCUT2D eigenvalue weighted by Crippen LogP contribution is 2.34. The monoisotopic (exact) mass is 456 g/mol. The molecule has 0 radical (unpaired) electrons. The lowest BCUT2D eigenvalue weighted by Crippen LogP contribution is -2.26. The van der Waals surface area contributed by atoms with E-state index in [1.807, 2.05) is 0 Å². The smallest absolute Gasteiger partial charge is 0.286 e. The zero-order valence-corrected chi connectivity index (χ0v) is 19.9. The Balaban J connectivity index is 1.34. The van der Waals surface area contributed by atoms with Crippen molar-refractivity contribution in [3.8, 4) is 11.5 Å². The predicted molar refractivity (Wildman–Crippen MR) is 125 cm³/mol. The molecule has 0 bridgehead atoms. The summed E-state index contributed by atoms with van der Waals surface area (Å²) in [5.41, 5.74) is 4.28. The number of rotatable bonds is 8. The van der Waals surface area contributed by atoms with Gasteiger partial charge in [-0.1, -0.05) is 49.7 Å². The van der Waals surface area contributed by atoms with Crippen LogP contribution in [0.5, 0.6) is 0 Å². The number of carbonyl (C=O) groups is 2. The van der Waals surface area contributed by atoms with Gasteiger partial charge >= 0.3 is 0 Å². The molecule has 2 aromatic rings. The first-order chi connectivity index (χ1) is 15.4. The molecule has 7 heteroatoms. The number of benzene rings is 1. The highest BCUT2D eigenvalue weighted by atomic mass is 32.2. The maximum Gasteiger partial charge on any atom is 0.286 e. The van der Waals surface area contributed by atoms with Gasteiger partial charge in [0.1, 0.15) is 11.5 Å². The maximum absolute atomic E-state index is 11.8. The number of hydrogen-bond acceptors (Lipinski definition) is 6. The summed E-state index contributed by atoms with van der Waals surface area (Å²) in [5.74, 6) is 1.97. The third-order valence-electron chi connectivity index (χ3n) is 6.59. The van der Waals surface area contributed by atoms with Crippen LogP contribution in [0, 0.1) is 19.8 Å². The second-order valence-corrected chi connectivity index (χ2v) is 10.1. The molecule has 3 atom stereocenters. The summed E-state index contributed by atoms with van der Waals surface area (Å²) in [7, 11) is 0. The first-order valence-electron chi connectivity index (χ1n) is 11.6. The van der Waals surface area contributed by atoms with Gasteiger partial charge in [0.05, 0.1) is 18.0 Å². The summed E-state index contributed by atoms with van der Waals surface area (Å²) >= 11 is 1.13. The number of carbonyl (C=O) groups excluding carboxylic acids is 2. The lowest BCUT2D eigenvalue weighted by atomic mass is 9.84. The Hall–Kier alpha value is -2.12. The Morgan fingerprint density at radius 2 is 1.97 bits per heavy atom. The minimum absolute atomic E-state index is 0.138. The van der Waals surface area contributed by atoms with Crippen LogP contribution < -0.4 is 5.32 Å². The molecule has 1 aliphatic heterocycles. The molecule has 172 valence electrons. The summed E-state index contributed by atoms with van der Waals surface area (Å²) in [5, 5.41) is 1.93. The predicted octanol–water partition coefficient (Wildman–Crippen LogP) is 5.73. The molecule has 1 unspecified atom stereocenters. The molecule has 2 amide bonds. The van der Waals surface area contributed by atoms with Crippen molar-refractivity contribution in [1.82, 2.24) is 10.3 Å². The van der Waals surface area contributed by atoms with Gasteiger partial charge in [-0.05, 0) is 56.6 Å². The number of oxazole rings is 1. The average Bonchev–Trinajstić information content (AvgIpc) is 3.32. The van der Waals surface area contributed by atoms with Crippen LogP contribution in [-0.4, -0.2) is 27.5 Å². The van der Waals surface area contributed by atoms with Gasteiger partial charge in [0.15, 0.2) is 0 Å². The molecule has 1 saturated heterocycles. The van der Waals surface area contributed by atoms with E-state index < -0.39 is 0 Å². The van der Waals surface area contributed by atoms with Crippen molar-refractivity contribution in [2.75, 3.05) is 0 Å². The lowest BCUT2D eigenvalue weighted by molar-refractivity contribution is -0.119. The molecule has 2 fully saturated rings. The zero-order chi connectivity index (χ0) is 22.7. The van der Waals surface area contributed by atoms with Crippen molar-refractivity contribution in [2.24, 2.45) is 5.92 Å². The van der Waals surface area contributed by atoms with Crippen molar-refractivity contribution in [2.45, 2.75) is 83.7 Å². The second-order valence-electron chi connectivity index (χ2n) is 8.94. The van der Waals surface area contributed by atoms with Crippen LogP contribution in [0.1, 0.15) is 68.0 Å².